The maximum Gasteiger partial charge on any atom is 0.239 e. The van der Waals surface area contributed by atoms with Crippen molar-refractivity contribution in [2.75, 3.05) is 27.3 Å². The molecule has 1 aromatic heterocycles. The van der Waals surface area contributed by atoms with E-state index in [9.17, 15) is 5.26 Å². The molecule has 0 bridgehead atoms. The fourth-order valence-electron chi connectivity index (χ4n) is 3.58. The van der Waals surface area contributed by atoms with Gasteiger partial charge in [0.15, 0.2) is 0 Å². The average molecular weight is 401 g/mol. The summed E-state index contributed by atoms with van der Waals surface area (Å²) < 4.78 is 16.7. The topological polar surface area (TPSA) is 71.0 Å². The molecule has 0 unspecified atom stereocenters. The highest BCUT2D eigenvalue weighted by Crippen LogP contribution is 2.43. The lowest BCUT2D eigenvalue weighted by molar-refractivity contribution is 0.414. The molecule has 1 saturated heterocycles. The first-order valence-corrected chi connectivity index (χ1v) is 9.87. The summed E-state index contributed by atoms with van der Waals surface area (Å²) in [5, 5.41) is 9.95. The number of ether oxygens (including phenoxy) is 2. The second-order valence-electron chi connectivity index (χ2n) is 7.04. The van der Waals surface area contributed by atoms with Crippen LogP contribution in [0.3, 0.4) is 0 Å². The molecule has 0 aliphatic carbocycles. The lowest BCUT2D eigenvalue weighted by Crippen LogP contribution is -2.16. The standard InChI is InChI=1S/C24H23N3O3/c1-28-19-9-5-17(6-10-19)22-21(15-25)24(26-16-27-13-3-4-14-27)30-23(22)18-7-11-20(29-2)12-8-18/h5-12,16H,3-4,13-14H2,1-2H3. The summed E-state index contributed by atoms with van der Waals surface area (Å²) in [6.45, 7) is 1.95. The minimum absolute atomic E-state index is 0.320. The Labute approximate surface area is 176 Å². The van der Waals surface area contributed by atoms with Gasteiger partial charge in [0.25, 0.3) is 0 Å². The van der Waals surface area contributed by atoms with E-state index in [2.05, 4.69) is 16.0 Å². The number of rotatable bonds is 6. The van der Waals surface area contributed by atoms with Gasteiger partial charge in [-0.05, 0) is 54.8 Å². The summed E-state index contributed by atoms with van der Waals surface area (Å²) in [7, 11) is 3.26. The maximum atomic E-state index is 9.95. The van der Waals surface area contributed by atoms with Crippen molar-refractivity contribution < 1.29 is 13.9 Å². The van der Waals surface area contributed by atoms with Crippen molar-refractivity contribution in [1.82, 2.24) is 4.90 Å². The molecule has 0 amide bonds. The highest BCUT2D eigenvalue weighted by atomic mass is 16.5. The van der Waals surface area contributed by atoms with Crippen LogP contribution in [0, 0.1) is 11.3 Å². The molecule has 6 heteroatoms. The summed E-state index contributed by atoms with van der Waals surface area (Å²) in [6.07, 6.45) is 4.09. The van der Waals surface area contributed by atoms with Crippen LogP contribution in [0.1, 0.15) is 18.4 Å². The largest absolute Gasteiger partial charge is 0.497 e. The zero-order valence-corrected chi connectivity index (χ0v) is 17.1. The van der Waals surface area contributed by atoms with Crippen molar-refractivity contribution >= 4 is 12.2 Å². The molecule has 0 atom stereocenters. The molecular formula is C24H23N3O3. The second-order valence-corrected chi connectivity index (χ2v) is 7.04. The normalized spacial score (nSPS) is 13.6. The van der Waals surface area contributed by atoms with Crippen LogP contribution in [0.15, 0.2) is 57.9 Å². The Hall–Kier alpha value is -3.72. The molecular weight excluding hydrogens is 378 g/mol. The Morgan fingerprint density at radius 2 is 1.50 bits per heavy atom. The molecule has 3 aromatic rings. The van der Waals surface area contributed by atoms with E-state index < -0.39 is 0 Å². The molecule has 6 nitrogen and oxygen atoms in total. The van der Waals surface area contributed by atoms with Crippen molar-refractivity contribution in [3.63, 3.8) is 0 Å². The quantitative estimate of drug-likeness (QED) is 0.416. The van der Waals surface area contributed by atoms with Crippen molar-refractivity contribution in [1.29, 1.82) is 5.26 Å². The minimum atomic E-state index is 0.320. The van der Waals surface area contributed by atoms with Crippen molar-refractivity contribution in [2.24, 2.45) is 4.99 Å². The maximum absolute atomic E-state index is 9.95. The summed E-state index contributed by atoms with van der Waals surface area (Å²) in [4.78, 5) is 6.66. The fourth-order valence-corrected chi connectivity index (χ4v) is 3.58. The molecule has 1 aliphatic rings. The van der Waals surface area contributed by atoms with E-state index >= 15 is 0 Å². The van der Waals surface area contributed by atoms with E-state index in [0.29, 0.717) is 17.2 Å². The summed E-state index contributed by atoms with van der Waals surface area (Å²) in [5.41, 5.74) is 2.85. The number of hydrogen-bond donors (Lipinski definition) is 0. The Kier molecular flexibility index (Phi) is 5.71. The lowest BCUT2D eigenvalue weighted by atomic mass is 9.98. The van der Waals surface area contributed by atoms with E-state index in [1.807, 2.05) is 48.5 Å². The van der Waals surface area contributed by atoms with Gasteiger partial charge in [0, 0.05) is 24.2 Å². The SMILES string of the molecule is COc1ccc(-c2oc(N=CN3CCCC3)c(C#N)c2-c2ccc(OC)cc2)cc1. The fraction of sp³-hybridized carbons (Fsp3) is 0.250. The smallest absolute Gasteiger partial charge is 0.239 e. The van der Waals surface area contributed by atoms with Gasteiger partial charge < -0.3 is 18.8 Å². The summed E-state index contributed by atoms with van der Waals surface area (Å²) in [6, 6.07) is 17.5. The van der Waals surface area contributed by atoms with Crippen LogP contribution in [0.4, 0.5) is 5.88 Å². The Bertz CT molecular complexity index is 1070. The highest BCUT2D eigenvalue weighted by molar-refractivity contribution is 5.88. The van der Waals surface area contributed by atoms with Crippen molar-refractivity contribution in [3.8, 4) is 40.0 Å². The van der Waals surface area contributed by atoms with E-state index in [1.165, 1.54) is 0 Å². The van der Waals surface area contributed by atoms with Crippen molar-refractivity contribution in [3.05, 3.63) is 54.1 Å². The van der Waals surface area contributed by atoms with Gasteiger partial charge in [0.1, 0.15) is 28.9 Å². The molecule has 0 radical (unpaired) electrons. The number of aliphatic imine (C=N–C) groups is 1. The zero-order valence-electron chi connectivity index (χ0n) is 17.1. The van der Waals surface area contributed by atoms with E-state index in [4.69, 9.17) is 13.9 Å². The third-order valence-electron chi connectivity index (χ3n) is 5.21. The highest BCUT2D eigenvalue weighted by Gasteiger charge is 2.23. The van der Waals surface area contributed by atoms with E-state index in [1.54, 1.807) is 20.6 Å². The summed E-state index contributed by atoms with van der Waals surface area (Å²) >= 11 is 0. The first-order chi connectivity index (χ1) is 14.7. The molecule has 0 spiro atoms. The van der Waals surface area contributed by atoms with Crippen LogP contribution in [-0.4, -0.2) is 38.5 Å². The third-order valence-corrected chi connectivity index (χ3v) is 5.21. The molecule has 30 heavy (non-hydrogen) atoms. The molecule has 0 saturated carbocycles. The van der Waals surface area contributed by atoms with Gasteiger partial charge in [-0.3, -0.25) is 0 Å². The average Bonchev–Trinajstić information content (AvgIpc) is 3.45. The number of methoxy groups -OCH3 is 2. The number of nitrogens with zero attached hydrogens (tertiary/aromatic N) is 3. The minimum Gasteiger partial charge on any atom is -0.497 e. The molecule has 4 rings (SSSR count). The van der Waals surface area contributed by atoms with Gasteiger partial charge in [-0.15, -0.1) is 0 Å². The Morgan fingerprint density at radius 1 is 0.933 bits per heavy atom. The van der Waals surface area contributed by atoms with Gasteiger partial charge in [0.05, 0.1) is 20.6 Å². The second kappa shape index (κ2) is 8.75. The predicted molar refractivity (Wildman–Crippen MR) is 116 cm³/mol. The zero-order chi connectivity index (χ0) is 20.9. The van der Waals surface area contributed by atoms with Crippen LogP contribution in [0.25, 0.3) is 22.5 Å². The number of benzene rings is 2. The van der Waals surface area contributed by atoms with Crippen LogP contribution in [-0.2, 0) is 0 Å². The Balaban J connectivity index is 1.83. The van der Waals surface area contributed by atoms with Crippen LogP contribution >= 0.6 is 0 Å². The van der Waals surface area contributed by atoms with Gasteiger partial charge in [-0.25, -0.2) is 4.99 Å². The molecule has 1 aliphatic heterocycles. The third kappa shape index (κ3) is 3.87. The number of furan rings is 1. The lowest BCUT2D eigenvalue weighted by Gasteiger charge is -2.07. The van der Waals surface area contributed by atoms with Gasteiger partial charge >= 0.3 is 0 Å². The van der Waals surface area contributed by atoms with E-state index in [0.717, 1.165) is 54.1 Å². The molecule has 2 heterocycles. The van der Waals surface area contributed by atoms with Gasteiger partial charge in [0.2, 0.25) is 5.88 Å². The predicted octanol–water partition coefficient (Wildman–Crippen LogP) is 5.26. The number of likely N-dealkylation sites (tertiary alicyclic amines) is 1. The number of hydrogen-bond acceptors (Lipinski definition) is 5. The van der Waals surface area contributed by atoms with E-state index in [-0.39, 0.29) is 0 Å². The van der Waals surface area contributed by atoms with Crippen LogP contribution < -0.4 is 9.47 Å². The van der Waals surface area contributed by atoms with Crippen LogP contribution in [0.2, 0.25) is 0 Å². The van der Waals surface area contributed by atoms with Gasteiger partial charge in [-0.1, -0.05) is 12.1 Å². The Morgan fingerprint density at radius 3 is 2.03 bits per heavy atom. The molecule has 152 valence electrons. The monoisotopic (exact) mass is 401 g/mol. The number of nitriles is 1. The van der Waals surface area contributed by atoms with Crippen molar-refractivity contribution in [2.45, 2.75) is 12.8 Å². The van der Waals surface area contributed by atoms with Crippen LogP contribution in [0.5, 0.6) is 11.5 Å². The molecule has 1 fully saturated rings. The van der Waals surface area contributed by atoms with Gasteiger partial charge in [-0.2, -0.15) is 5.26 Å². The first kappa shape index (κ1) is 19.6. The summed E-state index contributed by atoms with van der Waals surface area (Å²) in [5.74, 6) is 2.43. The molecule has 0 N–H and O–H groups in total. The molecule has 2 aromatic carbocycles. The first-order valence-electron chi connectivity index (χ1n) is 9.87.